The third-order valence-corrected chi connectivity index (χ3v) is 6.42. The summed E-state index contributed by atoms with van der Waals surface area (Å²) >= 11 is 0. The lowest BCUT2D eigenvalue weighted by Gasteiger charge is -2.21. The second kappa shape index (κ2) is 5.73. The van der Waals surface area contributed by atoms with E-state index in [1.54, 1.807) is 12.3 Å². The summed E-state index contributed by atoms with van der Waals surface area (Å²) in [6.07, 6.45) is 7.02. The van der Waals surface area contributed by atoms with Crippen LogP contribution in [0.4, 0.5) is 4.39 Å². The Morgan fingerprint density at radius 3 is 2.92 bits per heavy atom. The highest BCUT2D eigenvalue weighted by Gasteiger charge is 2.24. The Bertz CT molecular complexity index is 982. The summed E-state index contributed by atoms with van der Waals surface area (Å²) in [5, 5.41) is 5.36. The molecule has 3 heterocycles. The zero-order chi connectivity index (χ0) is 16.7. The van der Waals surface area contributed by atoms with Crippen LogP contribution in [0.15, 0.2) is 36.8 Å². The number of H-pyrrole nitrogens is 1. The van der Waals surface area contributed by atoms with Gasteiger partial charge in [0.05, 0.1) is 17.7 Å². The van der Waals surface area contributed by atoms with Crippen molar-refractivity contribution in [1.82, 2.24) is 14.8 Å². The summed E-state index contributed by atoms with van der Waals surface area (Å²) in [6.45, 7) is 0.729. The first kappa shape index (κ1) is 15.4. The molecule has 1 N–H and O–H groups in total. The molecule has 1 aromatic carbocycles. The normalized spacial score (nSPS) is 18.2. The Kier molecular flexibility index (Phi) is 3.68. The molecule has 3 aromatic rings. The van der Waals surface area contributed by atoms with Crippen LogP contribution in [0.2, 0.25) is 0 Å². The van der Waals surface area contributed by atoms with E-state index in [1.807, 2.05) is 17.1 Å². The largest absolute Gasteiger partial charge is 0.360 e. The van der Waals surface area contributed by atoms with Crippen LogP contribution in [0, 0.1) is 11.7 Å². The van der Waals surface area contributed by atoms with E-state index in [0.29, 0.717) is 18.8 Å². The molecule has 24 heavy (non-hydrogen) atoms. The van der Waals surface area contributed by atoms with E-state index in [4.69, 9.17) is 0 Å². The van der Waals surface area contributed by atoms with Gasteiger partial charge in [0.25, 0.3) is 0 Å². The fourth-order valence-electron chi connectivity index (χ4n) is 3.33. The summed E-state index contributed by atoms with van der Waals surface area (Å²) in [5.41, 5.74) is 2.72. The van der Waals surface area contributed by atoms with Crippen LogP contribution in [0.5, 0.6) is 0 Å². The van der Waals surface area contributed by atoms with Gasteiger partial charge < -0.3 is 4.98 Å². The Hall–Kier alpha value is -2.15. The van der Waals surface area contributed by atoms with Gasteiger partial charge in [-0.3, -0.25) is 4.68 Å². The van der Waals surface area contributed by atoms with E-state index in [-0.39, 0.29) is 18.7 Å². The summed E-state index contributed by atoms with van der Waals surface area (Å²) in [7, 11) is -2.83. The van der Waals surface area contributed by atoms with E-state index in [9.17, 15) is 12.8 Å². The van der Waals surface area contributed by atoms with Crippen LogP contribution in [0.25, 0.3) is 22.0 Å². The predicted octanol–water partition coefficient (Wildman–Crippen LogP) is 3.24. The van der Waals surface area contributed by atoms with Gasteiger partial charge >= 0.3 is 0 Å². The molecule has 0 bridgehead atoms. The fraction of sp³-hybridized carbons (Fsp3) is 0.353. The van der Waals surface area contributed by atoms with Crippen molar-refractivity contribution in [3.8, 4) is 11.1 Å². The van der Waals surface area contributed by atoms with E-state index in [1.165, 1.54) is 12.1 Å². The van der Waals surface area contributed by atoms with Crippen molar-refractivity contribution in [2.75, 3.05) is 11.5 Å². The van der Waals surface area contributed by atoms with Crippen LogP contribution in [0.3, 0.4) is 0 Å². The molecule has 0 saturated carbocycles. The molecule has 2 aromatic heterocycles. The highest BCUT2D eigenvalue weighted by Crippen LogP contribution is 2.29. The third kappa shape index (κ3) is 2.96. The van der Waals surface area contributed by atoms with Crippen LogP contribution < -0.4 is 0 Å². The van der Waals surface area contributed by atoms with Crippen molar-refractivity contribution >= 4 is 20.7 Å². The quantitative estimate of drug-likeness (QED) is 0.789. The molecule has 1 aliphatic heterocycles. The number of rotatable bonds is 3. The second-order valence-electron chi connectivity index (χ2n) is 6.44. The van der Waals surface area contributed by atoms with Gasteiger partial charge in [-0.25, -0.2) is 12.8 Å². The minimum Gasteiger partial charge on any atom is -0.360 e. The number of benzene rings is 1. The first-order valence-corrected chi connectivity index (χ1v) is 9.82. The average Bonchev–Trinajstić information content (AvgIpc) is 3.15. The van der Waals surface area contributed by atoms with Crippen molar-refractivity contribution in [3.63, 3.8) is 0 Å². The van der Waals surface area contributed by atoms with E-state index < -0.39 is 9.84 Å². The number of aromatic amines is 1. The smallest absolute Gasteiger partial charge is 0.150 e. The number of hydrogen-bond donors (Lipinski definition) is 1. The van der Waals surface area contributed by atoms with Crippen molar-refractivity contribution < 1.29 is 14.2 Å². The number of fused-ring (bicyclic) bond motifs is 1. The molecule has 4 rings (SSSR count). The predicted molar refractivity (Wildman–Crippen MR) is 93.0 cm³/mol. The zero-order valence-electron chi connectivity index (χ0n) is 13.1. The van der Waals surface area contributed by atoms with Gasteiger partial charge in [0.2, 0.25) is 0 Å². The van der Waals surface area contributed by atoms with Crippen LogP contribution in [-0.2, 0) is 16.4 Å². The Balaban J connectivity index is 0.00000182. The first-order valence-electron chi connectivity index (χ1n) is 8.00. The number of halogens is 1. The molecule has 5 nitrogen and oxygen atoms in total. The van der Waals surface area contributed by atoms with Gasteiger partial charge in [0.1, 0.15) is 15.7 Å². The minimum absolute atomic E-state index is 0. The first-order chi connectivity index (χ1) is 11.5. The summed E-state index contributed by atoms with van der Waals surface area (Å²) in [5.74, 6) is 0.636. The highest BCUT2D eigenvalue weighted by molar-refractivity contribution is 7.91. The van der Waals surface area contributed by atoms with Gasteiger partial charge in [0, 0.05) is 42.4 Å². The standard InChI is InChI=1S/C17H18FN3O2S.H2/c18-14-1-2-15-16(9-19-17(15)7-14)13-8-20-21(11-13)10-12-3-5-24(22,23)6-4-12;/h1-2,7-9,11-12,19H,3-6,10H2;1H. The fourth-order valence-corrected chi connectivity index (χ4v) is 4.91. The molecule has 0 atom stereocenters. The van der Waals surface area contributed by atoms with Crippen molar-refractivity contribution in [2.45, 2.75) is 19.4 Å². The maximum Gasteiger partial charge on any atom is 0.150 e. The SMILES string of the molecule is O=S1(=O)CCC(Cn2cc(-c3c[nH]c4cc(F)ccc34)cn2)CC1.[HH]. The Morgan fingerprint density at radius 2 is 2.12 bits per heavy atom. The lowest BCUT2D eigenvalue weighted by molar-refractivity contribution is 0.384. The average molecular weight is 349 g/mol. The zero-order valence-corrected chi connectivity index (χ0v) is 13.9. The van der Waals surface area contributed by atoms with E-state index in [0.717, 1.165) is 28.6 Å². The third-order valence-electron chi connectivity index (χ3n) is 4.71. The summed E-state index contributed by atoms with van der Waals surface area (Å²) in [4.78, 5) is 3.08. The molecule has 128 valence electrons. The topological polar surface area (TPSA) is 67.8 Å². The van der Waals surface area contributed by atoms with Crippen molar-refractivity contribution in [3.05, 3.63) is 42.6 Å². The number of sulfone groups is 1. The minimum atomic E-state index is -2.83. The number of aromatic nitrogens is 3. The molecule has 1 aliphatic rings. The lowest BCUT2D eigenvalue weighted by atomic mass is 10.0. The van der Waals surface area contributed by atoms with E-state index >= 15 is 0 Å². The number of nitrogens with zero attached hydrogens (tertiary/aromatic N) is 2. The summed E-state index contributed by atoms with van der Waals surface area (Å²) < 4.78 is 38.2. The maximum atomic E-state index is 13.3. The second-order valence-corrected chi connectivity index (χ2v) is 8.74. The monoisotopic (exact) mass is 349 g/mol. The van der Waals surface area contributed by atoms with Crippen molar-refractivity contribution in [1.29, 1.82) is 0 Å². The Labute approximate surface area is 140 Å². The number of nitrogens with one attached hydrogen (secondary N) is 1. The van der Waals surface area contributed by atoms with Gasteiger partial charge in [0.15, 0.2) is 0 Å². The molecule has 1 fully saturated rings. The highest BCUT2D eigenvalue weighted by atomic mass is 32.2. The Morgan fingerprint density at radius 1 is 1.33 bits per heavy atom. The van der Waals surface area contributed by atoms with Gasteiger partial charge in [-0.05, 0) is 37.0 Å². The molecule has 0 unspecified atom stereocenters. The molecule has 0 spiro atoms. The molecular formula is C17H20FN3O2S. The van der Waals surface area contributed by atoms with E-state index in [2.05, 4.69) is 10.1 Å². The molecular weight excluding hydrogens is 329 g/mol. The van der Waals surface area contributed by atoms with Crippen LogP contribution in [-0.4, -0.2) is 34.7 Å². The molecule has 0 radical (unpaired) electrons. The molecule has 1 saturated heterocycles. The van der Waals surface area contributed by atoms with Gasteiger partial charge in [-0.15, -0.1) is 0 Å². The summed E-state index contributed by atoms with van der Waals surface area (Å²) in [6, 6.07) is 4.69. The molecule has 0 aliphatic carbocycles. The maximum absolute atomic E-state index is 13.3. The van der Waals surface area contributed by atoms with Crippen LogP contribution >= 0.6 is 0 Å². The molecule has 0 amide bonds. The lowest BCUT2D eigenvalue weighted by Crippen LogP contribution is -2.26. The van der Waals surface area contributed by atoms with Gasteiger partial charge in [-0.1, -0.05) is 0 Å². The van der Waals surface area contributed by atoms with Gasteiger partial charge in [-0.2, -0.15) is 5.10 Å². The van der Waals surface area contributed by atoms with Crippen molar-refractivity contribution in [2.24, 2.45) is 5.92 Å². The van der Waals surface area contributed by atoms with Crippen LogP contribution in [0.1, 0.15) is 14.3 Å². The molecule has 7 heteroatoms. The number of hydrogen-bond acceptors (Lipinski definition) is 3.